The van der Waals surface area contributed by atoms with E-state index in [9.17, 15) is 8.78 Å². The van der Waals surface area contributed by atoms with Crippen molar-refractivity contribution in [1.29, 1.82) is 0 Å². The quantitative estimate of drug-likeness (QED) is 0.393. The second-order valence-electron chi connectivity index (χ2n) is 8.82. The molecular formula is C24H21F3N4O. The first-order valence-electron chi connectivity index (χ1n) is 10.9. The molecule has 3 heterocycles. The summed E-state index contributed by atoms with van der Waals surface area (Å²) in [5.74, 6) is -0.356. The molecule has 32 heavy (non-hydrogen) atoms. The van der Waals surface area contributed by atoms with E-state index < -0.39 is 17.5 Å². The highest BCUT2D eigenvalue weighted by Crippen LogP contribution is 2.43. The Bertz CT molecular complexity index is 1290. The standard InChI is InChI=1S/C24H21F3N4O/c25-14-9-15-16(11-28-21(15)17(26)10-14)23-30-22(19-2-1-7-32-19)20(27)24(31-23)29-18-8-12-3-5-13(18)6-4-12/h1-2,7,9-13,18,28H,3-6,8H2,(H,29,30,31). The van der Waals surface area contributed by atoms with Crippen molar-refractivity contribution in [3.05, 3.63) is 54.2 Å². The van der Waals surface area contributed by atoms with Crippen molar-refractivity contribution in [3.8, 4) is 22.8 Å². The van der Waals surface area contributed by atoms with Crippen molar-refractivity contribution in [2.75, 3.05) is 5.32 Å². The third-order valence-corrected chi connectivity index (χ3v) is 6.92. The molecule has 2 bridgehead atoms. The van der Waals surface area contributed by atoms with E-state index in [0.717, 1.165) is 25.3 Å². The van der Waals surface area contributed by atoms with Gasteiger partial charge in [-0.3, -0.25) is 0 Å². The van der Waals surface area contributed by atoms with Crippen LogP contribution in [-0.4, -0.2) is 21.0 Å². The van der Waals surface area contributed by atoms with Gasteiger partial charge >= 0.3 is 0 Å². The molecule has 2 N–H and O–H groups in total. The molecule has 164 valence electrons. The molecule has 3 fully saturated rings. The minimum Gasteiger partial charge on any atom is -0.463 e. The number of aromatic amines is 1. The molecule has 0 saturated heterocycles. The number of nitrogens with one attached hydrogen (secondary N) is 2. The zero-order chi connectivity index (χ0) is 21.8. The van der Waals surface area contributed by atoms with E-state index in [1.165, 1.54) is 31.4 Å². The molecule has 3 aliphatic carbocycles. The SMILES string of the molecule is Fc1cc(F)c2[nH]cc(-c3nc(NC4CC5CCC4CC5)c(F)c(-c4ccco4)n3)c2c1. The van der Waals surface area contributed by atoms with Crippen LogP contribution in [0.5, 0.6) is 0 Å². The summed E-state index contributed by atoms with van der Waals surface area (Å²) in [5, 5.41) is 3.62. The van der Waals surface area contributed by atoms with Gasteiger partial charge in [-0.25, -0.2) is 23.1 Å². The Morgan fingerprint density at radius 3 is 2.62 bits per heavy atom. The molecule has 1 unspecified atom stereocenters. The number of hydrogen-bond donors (Lipinski definition) is 2. The highest BCUT2D eigenvalue weighted by atomic mass is 19.1. The molecule has 0 spiro atoms. The molecule has 4 aromatic rings. The molecule has 3 saturated carbocycles. The molecule has 5 nitrogen and oxygen atoms in total. The number of hydrogen-bond acceptors (Lipinski definition) is 4. The number of halogens is 3. The van der Waals surface area contributed by atoms with Gasteiger partial charge in [-0.05, 0) is 49.3 Å². The maximum Gasteiger partial charge on any atom is 0.194 e. The Labute approximate surface area is 182 Å². The average molecular weight is 438 g/mol. The lowest BCUT2D eigenvalue weighted by Gasteiger charge is -2.42. The van der Waals surface area contributed by atoms with Gasteiger partial charge in [0, 0.05) is 29.3 Å². The molecule has 0 aliphatic heterocycles. The van der Waals surface area contributed by atoms with Crippen LogP contribution < -0.4 is 5.32 Å². The molecule has 3 aliphatic rings. The van der Waals surface area contributed by atoms with Crippen LogP contribution >= 0.6 is 0 Å². The summed E-state index contributed by atoms with van der Waals surface area (Å²) in [6.07, 6.45) is 8.67. The van der Waals surface area contributed by atoms with E-state index in [4.69, 9.17) is 4.42 Å². The third-order valence-electron chi connectivity index (χ3n) is 6.92. The first kappa shape index (κ1) is 19.4. The molecule has 0 radical (unpaired) electrons. The largest absolute Gasteiger partial charge is 0.463 e. The normalized spacial score (nSPS) is 22.5. The van der Waals surface area contributed by atoms with Gasteiger partial charge < -0.3 is 14.7 Å². The molecular weight excluding hydrogens is 417 g/mol. The molecule has 8 heteroatoms. The third kappa shape index (κ3) is 3.16. The second kappa shape index (κ2) is 7.39. The minimum atomic E-state index is -0.712. The Balaban J connectivity index is 1.49. The Hall–Kier alpha value is -3.29. The summed E-state index contributed by atoms with van der Waals surface area (Å²) in [6.45, 7) is 0. The maximum absolute atomic E-state index is 15.5. The van der Waals surface area contributed by atoms with Crippen LogP contribution in [0.3, 0.4) is 0 Å². The summed E-state index contributed by atoms with van der Waals surface area (Å²) < 4.78 is 49.1. The average Bonchev–Trinajstić information content (AvgIpc) is 3.46. The number of anilines is 1. The summed E-state index contributed by atoms with van der Waals surface area (Å²) in [5.41, 5.74) is 0.544. The van der Waals surface area contributed by atoms with Gasteiger partial charge in [-0.2, -0.15) is 0 Å². The first-order valence-corrected chi connectivity index (χ1v) is 10.9. The topological polar surface area (TPSA) is 66.7 Å². The van der Waals surface area contributed by atoms with Crippen molar-refractivity contribution in [2.45, 2.75) is 38.1 Å². The van der Waals surface area contributed by atoms with E-state index in [1.54, 1.807) is 12.1 Å². The van der Waals surface area contributed by atoms with Crippen LogP contribution in [0.4, 0.5) is 19.0 Å². The minimum absolute atomic E-state index is 0.00898. The lowest BCUT2D eigenvalue weighted by Crippen LogP contribution is -2.40. The zero-order valence-electron chi connectivity index (χ0n) is 17.2. The lowest BCUT2D eigenvalue weighted by atomic mass is 9.68. The van der Waals surface area contributed by atoms with Gasteiger partial charge in [-0.15, -0.1) is 0 Å². The summed E-state index contributed by atoms with van der Waals surface area (Å²) in [4.78, 5) is 11.7. The van der Waals surface area contributed by atoms with Crippen LogP contribution in [-0.2, 0) is 0 Å². The van der Waals surface area contributed by atoms with Gasteiger partial charge in [0.1, 0.15) is 17.3 Å². The van der Waals surface area contributed by atoms with Crippen molar-refractivity contribution >= 4 is 16.7 Å². The van der Waals surface area contributed by atoms with E-state index in [-0.39, 0.29) is 34.7 Å². The number of aromatic nitrogens is 3. The van der Waals surface area contributed by atoms with Gasteiger partial charge in [0.05, 0.1) is 11.8 Å². The fourth-order valence-electron chi connectivity index (χ4n) is 5.31. The zero-order valence-corrected chi connectivity index (χ0v) is 17.2. The Morgan fingerprint density at radius 2 is 1.91 bits per heavy atom. The maximum atomic E-state index is 15.5. The van der Waals surface area contributed by atoms with Gasteiger partial charge in [0.25, 0.3) is 0 Å². The van der Waals surface area contributed by atoms with Gasteiger partial charge in [0.15, 0.2) is 23.2 Å². The molecule has 0 amide bonds. The fraction of sp³-hybridized carbons (Fsp3) is 0.333. The van der Waals surface area contributed by atoms with Crippen LogP contribution in [0.15, 0.2) is 41.1 Å². The number of furan rings is 1. The van der Waals surface area contributed by atoms with E-state index in [2.05, 4.69) is 20.3 Å². The summed E-state index contributed by atoms with van der Waals surface area (Å²) in [7, 11) is 0. The summed E-state index contributed by atoms with van der Waals surface area (Å²) >= 11 is 0. The van der Waals surface area contributed by atoms with Crippen molar-refractivity contribution in [2.24, 2.45) is 11.8 Å². The van der Waals surface area contributed by atoms with Crippen LogP contribution in [0, 0.1) is 29.3 Å². The molecule has 1 atom stereocenters. The van der Waals surface area contributed by atoms with E-state index >= 15 is 4.39 Å². The number of benzene rings is 1. The molecule has 1 aromatic carbocycles. The van der Waals surface area contributed by atoms with Gasteiger partial charge in [-0.1, -0.05) is 12.8 Å². The lowest BCUT2D eigenvalue weighted by molar-refractivity contribution is 0.157. The predicted octanol–water partition coefficient (Wildman–Crippen LogP) is 6.29. The predicted molar refractivity (Wildman–Crippen MR) is 114 cm³/mol. The van der Waals surface area contributed by atoms with Crippen molar-refractivity contribution in [3.63, 3.8) is 0 Å². The number of nitrogens with zero attached hydrogens (tertiary/aromatic N) is 2. The highest BCUT2D eigenvalue weighted by Gasteiger charge is 2.36. The highest BCUT2D eigenvalue weighted by molar-refractivity contribution is 5.94. The van der Waals surface area contributed by atoms with Crippen LogP contribution in [0.1, 0.15) is 32.1 Å². The Morgan fingerprint density at radius 1 is 1.06 bits per heavy atom. The first-order chi connectivity index (χ1) is 15.6. The monoisotopic (exact) mass is 438 g/mol. The number of rotatable bonds is 4. The van der Waals surface area contributed by atoms with Crippen molar-refractivity contribution < 1.29 is 17.6 Å². The smallest absolute Gasteiger partial charge is 0.194 e. The second-order valence-corrected chi connectivity index (χ2v) is 8.82. The van der Waals surface area contributed by atoms with Gasteiger partial charge in [0.2, 0.25) is 0 Å². The molecule has 3 aromatic heterocycles. The number of fused-ring (bicyclic) bond motifs is 4. The van der Waals surface area contributed by atoms with Crippen LogP contribution in [0.2, 0.25) is 0 Å². The van der Waals surface area contributed by atoms with E-state index in [0.29, 0.717) is 22.8 Å². The number of H-pyrrole nitrogens is 1. The Kier molecular flexibility index (Phi) is 4.48. The van der Waals surface area contributed by atoms with E-state index in [1.807, 2.05) is 0 Å². The fourth-order valence-corrected chi connectivity index (χ4v) is 5.31. The molecule has 7 rings (SSSR count). The summed E-state index contributed by atoms with van der Waals surface area (Å²) in [6, 6.07) is 5.45. The van der Waals surface area contributed by atoms with Crippen molar-refractivity contribution in [1.82, 2.24) is 15.0 Å². The van der Waals surface area contributed by atoms with Crippen LogP contribution in [0.25, 0.3) is 33.7 Å².